The van der Waals surface area contributed by atoms with Crippen LogP contribution in [0.15, 0.2) is 23.6 Å². The minimum atomic E-state index is -4.94. The van der Waals surface area contributed by atoms with Crippen molar-refractivity contribution < 1.29 is 22.8 Å². The Hall–Kier alpha value is -1.89. The molecule has 0 unspecified atom stereocenters. The topological polar surface area (TPSA) is 46.2 Å². The number of carbonyl (C=O) groups is 2. The summed E-state index contributed by atoms with van der Waals surface area (Å²) in [5, 5.41) is 4.00. The van der Waals surface area contributed by atoms with Crippen molar-refractivity contribution in [3.05, 3.63) is 29.1 Å². The maximum Gasteiger partial charge on any atom is 0.471 e. The second kappa shape index (κ2) is 4.65. The molecule has 0 spiro atoms. The van der Waals surface area contributed by atoms with Gasteiger partial charge in [0.25, 0.3) is 0 Å². The normalized spacial score (nSPS) is 11.6. The zero-order valence-electron chi connectivity index (χ0n) is 9.67. The van der Waals surface area contributed by atoms with Gasteiger partial charge < -0.3 is 5.32 Å². The van der Waals surface area contributed by atoms with E-state index >= 15 is 0 Å². The predicted molar refractivity (Wildman–Crippen MR) is 66.5 cm³/mol. The summed E-state index contributed by atoms with van der Waals surface area (Å²) in [4.78, 5) is 22.3. The first-order valence-electron chi connectivity index (χ1n) is 5.20. The smallest absolute Gasteiger partial charge is 0.317 e. The number of amides is 1. The molecule has 0 radical (unpaired) electrons. The van der Waals surface area contributed by atoms with Gasteiger partial charge in [0.2, 0.25) is 0 Å². The van der Waals surface area contributed by atoms with E-state index in [0.717, 1.165) is 11.3 Å². The highest BCUT2D eigenvalue weighted by Crippen LogP contribution is 2.32. The zero-order valence-corrected chi connectivity index (χ0v) is 10.5. The SMILES string of the molecule is CC(=O)c1ccc(NC(=O)C(F)(F)F)c2sccc12. The van der Waals surface area contributed by atoms with Gasteiger partial charge in [0.1, 0.15) is 0 Å². The van der Waals surface area contributed by atoms with Gasteiger partial charge in [-0.3, -0.25) is 9.59 Å². The summed E-state index contributed by atoms with van der Waals surface area (Å²) in [6.45, 7) is 1.38. The number of nitrogens with one attached hydrogen (secondary N) is 1. The molecule has 0 aliphatic heterocycles. The second-order valence-corrected chi connectivity index (χ2v) is 4.75. The number of fused-ring (bicyclic) bond motifs is 1. The maximum absolute atomic E-state index is 12.2. The summed E-state index contributed by atoms with van der Waals surface area (Å²) < 4.78 is 37.1. The Morgan fingerprint density at radius 3 is 2.47 bits per heavy atom. The van der Waals surface area contributed by atoms with Crippen LogP contribution in [0.1, 0.15) is 17.3 Å². The molecule has 1 heterocycles. The van der Waals surface area contributed by atoms with E-state index in [1.807, 2.05) is 5.32 Å². The number of rotatable bonds is 2. The first kappa shape index (κ1) is 13.5. The van der Waals surface area contributed by atoms with Crippen molar-refractivity contribution in [1.82, 2.24) is 0 Å². The molecule has 2 aromatic rings. The molecule has 1 aromatic carbocycles. The highest BCUT2D eigenvalue weighted by atomic mass is 32.1. The lowest BCUT2D eigenvalue weighted by atomic mass is 10.1. The third-order valence-corrected chi connectivity index (χ3v) is 3.45. The summed E-state index contributed by atoms with van der Waals surface area (Å²) in [6, 6.07) is 4.35. The summed E-state index contributed by atoms with van der Waals surface area (Å²) in [6.07, 6.45) is -4.94. The van der Waals surface area contributed by atoms with Crippen LogP contribution in [0.5, 0.6) is 0 Å². The van der Waals surface area contributed by atoms with Crippen LogP contribution in [-0.4, -0.2) is 17.9 Å². The van der Waals surface area contributed by atoms with Gasteiger partial charge in [-0.05, 0) is 30.5 Å². The zero-order chi connectivity index (χ0) is 14.2. The van der Waals surface area contributed by atoms with Crippen LogP contribution in [-0.2, 0) is 4.79 Å². The average molecular weight is 287 g/mol. The van der Waals surface area contributed by atoms with Gasteiger partial charge in [-0.2, -0.15) is 13.2 Å². The van der Waals surface area contributed by atoms with E-state index in [0.29, 0.717) is 15.6 Å². The van der Waals surface area contributed by atoms with Crippen molar-refractivity contribution in [1.29, 1.82) is 0 Å². The lowest BCUT2D eigenvalue weighted by Gasteiger charge is -2.10. The van der Waals surface area contributed by atoms with Gasteiger partial charge in [-0.15, -0.1) is 11.3 Å². The summed E-state index contributed by atoms with van der Waals surface area (Å²) in [7, 11) is 0. The lowest BCUT2D eigenvalue weighted by molar-refractivity contribution is -0.167. The Bertz CT molecular complexity index is 661. The number of halogens is 3. The standard InChI is InChI=1S/C12H8F3NO2S/c1-6(17)7-2-3-9(10-8(7)4-5-19-10)16-11(18)12(13,14)15/h2-5H,1H3,(H,16,18). The molecule has 1 N–H and O–H groups in total. The Labute approximate surface area is 110 Å². The average Bonchev–Trinajstić information content (AvgIpc) is 2.76. The third kappa shape index (κ3) is 2.60. The molecule has 7 heteroatoms. The third-order valence-electron chi connectivity index (χ3n) is 2.50. The van der Waals surface area contributed by atoms with Crippen molar-refractivity contribution in [2.24, 2.45) is 0 Å². The fourth-order valence-corrected chi connectivity index (χ4v) is 2.55. The van der Waals surface area contributed by atoms with Crippen molar-refractivity contribution in [3.8, 4) is 0 Å². The summed E-state index contributed by atoms with van der Waals surface area (Å²) in [5.74, 6) is -2.21. The van der Waals surface area contributed by atoms with Crippen molar-refractivity contribution in [2.45, 2.75) is 13.1 Å². The molecule has 0 bridgehead atoms. The minimum absolute atomic E-state index is 0.0531. The van der Waals surface area contributed by atoms with Crippen LogP contribution < -0.4 is 5.32 Å². The fourth-order valence-electron chi connectivity index (χ4n) is 1.66. The van der Waals surface area contributed by atoms with E-state index in [-0.39, 0.29) is 11.5 Å². The highest BCUT2D eigenvalue weighted by molar-refractivity contribution is 7.18. The van der Waals surface area contributed by atoms with E-state index in [9.17, 15) is 22.8 Å². The fraction of sp³-hybridized carbons (Fsp3) is 0.167. The molecule has 19 heavy (non-hydrogen) atoms. The Balaban J connectivity index is 2.47. The van der Waals surface area contributed by atoms with Crippen LogP contribution in [0.25, 0.3) is 10.1 Å². The van der Waals surface area contributed by atoms with E-state index < -0.39 is 12.1 Å². The van der Waals surface area contributed by atoms with E-state index in [4.69, 9.17) is 0 Å². The maximum atomic E-state index is 12.2. The first-order valence-corrected chi connectivity index (χ1v) is 6.08. The van der Waals surface area contributed by atoms with Gasteiger partial charge in [-0.1, -0.05) is 0 Å². The lowest BCUT2D eigenvalue weighted by Crippen LogP contribution is -2.29. The molecule has 0 atom stereocenters. The molecule has 100 valence electrons. The van der Waals surface area contributed by atoms with E-state index in [1.165, 1.54) is 19.1 Å². The van der Waals surface area contributed by atoms with Gasteiger partial charge in [-0.25, -0.2) is 0 Å². The Morgan fingerprint density at radius 2 is 1.89 bits per heavy atom. The molecule has 0 fully saturated rings. The minimum Gasteiger partial charge on any atom is -0.317 e. The van der Waals surface area contributed by atoms with E-state index in [1.54, 1.807) is 11.4 Å². The molecule has 1 aromatic heterocycles. The van der Waals surface area contributed by atoms with Gasteiger partial charge in [0.05, 0.1) is 10.4 Å². The number of thiophene rings is 1. The molecule has 0 saturated carbocycles. The Morgan fingerprint density at radius 1 is 1.21 bits per heavy atom. The van der Waals surface area contributed by atoms with Crippen LogP contribution in [0.2, 0.25) is 0 Å². The number of hydrogen-bond donors (Lipinski definition) is 1. The molecular weight excluding hydrogens is 279 g/mol. The molecule has 1 amide bonds. The van der Waals surface area contributed by atoms with Crippen LogP contribution in [0.4, 0.5) is 18.9 Å². The highest BCUT2D eigenvalue weighted by Gasteiger charge is 2.39. The van der Waals surface area contributed by atoms with Crippen LogP contribution >= 0.6 is 11.3 Å². The number of ketones is 1. The molecule has 0 saturated heterocycles. The second-order valence-electron chi connectivity index (χ2n) is 3.83. The van der Waals surface area contributed by atoms with Crippen molar-refractivity contribution in [3.63, 3.8) is 0 Å². The number of anilines is 1. The van der Waals surface area contributed by atoms with Gasteiger partial charge >= 0.3 is 12.1 Å². The molecular formula is C12H8F3NO2S. The number of hydrogen-bond acceptors (Lipinski definition) is 3. The summed E-state index contributed by atoms with van der Waals surface area (Å²) in [5.41, 5.74) is 0.471. The number of carbonyl (C=O) groups excluding carboxylic acids is 2. The largest absolute Gasteiger partial charge is 0.471 e. The predicted octanol–water partition coefficient (Wildman–Crippen LogP) is 3.60. The van der Waals surface area contributed by atoms with Crippen LogP contribution in [0, 0.1) is 0 Å². The summed E-state index contributed by atoms with van der Waals surface area (Å²) >= 11 is 1.16. The monoisotopic (exact) mass is 287 g/mol. The molecule has 2 rings (SSSR count). The Kier molecular flexibility index (Phi) is 3.32. The van der Waals surface area contributed by atoms with Gasteiger partial charge in [0.15, 0.2) is 5.78 Å². The van der Waals surface area contributed by atoms with Gasteiger partial charge in [0, 0.05) is 10.9 Å². The van der Waals surface area contributed by atoms with Crippen molar-refractivity contribution >= 4 is 38.8 Å². The quantitative estimate of drug-likeness (QED) is 0.858. The number of benzene rings is 1. The first-order chi connectivity index (χ1) is 8.80. The number of alkyl halides is 3. The molecule has 0 aliphatic carbocycles. The van der Waals surface area contributed by atoms with Crippen LogP contribution in [0.3, 0.4) is 0 Å². The van der Waals surface area contributed by atoms with E-state index in [2.05, 4.69) is 0 Å². The molecule has 0 aliphatic rings. The molecule has 3 nitrogen and oxygen atoms in total. The number of Topliss-reactive ketones (excluding diaryl/α,β-unsaturated/α-hetero) is 1. The van der Waals surface area contributed by atoms with Crippen molar-refractivity contribution in [2.75, 3.05) is 5.32 Å².